The molecule has 110 valence electrons. The van der Waals surface area contributed by atoms with Gasteiger partial charge in [0.15, 0.2) is 0 Å². The van der Waals surface area contributed by atoms with Gasteiger partial charge in [-0.15, -0.1) is 0 Å². The maximum atomic E-state index is 11.9. The van der Waals surface area contributed by atoms with E-state index in [1.165, 1.54) is 4.90 Å². The molecule has 1 rings (SSSR count). The van der Waals surface area contributed by atoms with Gasteiger partial charge < -0.3 is 15.2 Å². The first-order valence-corrected chi connectivity index (χ1v) is 6.66. The molecular formula is C13H24N2O4. The van der Waals surface area contributed by atoms with Crippen molar-refractivity contribution in [3.05, 3.63) is 0 Å². The van der Waals surface area contributed by atoms with Gasteiger partial charge in [-0.05, 0) is 40.5 Å². The van der Waals surface area contributed by atoms with Crippen molar-refractivity contribution in [1.29, 1.82) is 0 Å². The first-order chi connectivity index (χ1) is 8.74. The van der Waals surface area contributed by atoms with E-state index in [1.807, 2.05) is 20.8 Å². The lowest BCUT2D eigenvalue weighted by Gasteiger charge is -2.36. The van der Waals surface area contributed by atoms with E-state index in [-0.39, 0.29) is 11.9 Å². The van der Waals surface area contributed by atoms with Crippen molar-refractivity contribution >= 4 is 12.1 Å². The number of likely N-dealkylation sites (tertiary alicyclic amines) is 1. The van der Waals surface area contributed by atoms with E-state index in [4.69, 9.17) is 15.2 Å². The smallest absolute Gasteiger partial charge is 0.411 e. The molecule has 2 atom stereocenters. The van der Waals surface area contributed by atoms with Crippen LogP contribution in [-0.2, 0) is 14.3 Å². The summed E-state index contributed by atoms with van der Waals surface area (Å²) in [4.78, 5) is 25.0. The first kappa shape index (κ1) is 15.8. The Hall–Kier alpha value is -1.30. The maximum Gasteiger partial charge on any atom is 0.411 e. The summed E-state index contributed by atoms with van der Waals surface area (Å²) in [6.07, 6.45) is 0.0535. The fourth-order valence-corrected chi connectivity index (χ4v) is 2.03. The number of carbonyl (C=O) groups excluding carboxylic acids is 2. The summed E-state index contributed by atoms with van der Waals surface area (Å²) in [5.74, 6) is -0.494. The highest BCUT2D eigenvalue weighted by atomic mass is 16.6. The number of rotatable bonds is 2. The Bertz CT molecular complexity index is 338. The van der Waals surface area contributed by atoms with Crippen LogP contribution in [0.3, 0.4) is 0 Å². The van der Waals surface area contributed by atoms with Crippen LogP contribution in [0, 0.1) is 5.92 Å². The molecule has 0 aliphatic carbocycles. The Morgan fingerprint density at radius 1 is 1.37 bits per heavy atom. The molecule has 1 heterocycles. The summed E-state index contributed by atoms with van der Waals surface area (Å²) >= 11 is 0. The molecule has 0 aromatic heterocycles. The van der Waals surface area contributed by atoms with Crippen LogP contribution in [0.1, 0.15) is 40.5 Å². The van der Waals surface area contributed by atoms with Crippen LogP contribution in [0.2, 0.25) is 0 Å². The lowest BCUT2D eigenvalue weighted by Crippen LogP contribution is -2.52. The van der Waals surface area contributed by atoms with Gasteiger partial charge in [-0.1, -0.05) is 0 Å². The first-order valence-electron chi connectivity index (χ1n) is 6.66. The van der Waals surface area contributed by atoms with Gasteiger partial charge >= 0.3 is 12.1 Å². The minimum atomic E-state index is -0.501. The molecule has 6 nitrogen and oxygen atoms in total. The number of hydrogen-bond donors (Lipinski definition) is 1. The van der Waals surface area contributed by atoms with Crippen molar-refractivity contribution in [3.63, 3.8) is 0 Å². The highest BCUT2D eigenvalue weighted by Crippen LogP contribution is 2.24. The summed E-state index contributed by atoms with van der Waals surface area (Å²) in [6, 6.07) is 0. The molecule has 1 amide bonds. The van der Waals surface area contributed by atoms with Gasteiger partial charge in [0.1, 0.15) is 5.60 Å². The second-order valence-electron chi connectivity index (χ2n) is 5.71. The number of nitrogens with zero attached hydrogens (tertiary/aromatic N) is 1. The van der Waals surface area contributed by atoms with E-state index in [0.29, 0.717) is 26.0 Å². The summed E-state index contributed by atoms with van der Waals surface area (Å²) < 4.78 is 10.3. The zero-order valence-electron chi connectivity index (χ0n) is 12.1. The van der Waals surface area contributed by atoms with E-state index < -0.39 is 17.9 Å². The number of piperidine rings is 1. The van der Waals surface area contributed by atoms with Crippen LogP contribution >= 0.6 is 0 Å². The fraction of sp³-hybridized carbons (Fsp3) is 0.846. The average Bonchev–Trinajstić information content (AvgIpc) is 2.26. The minimum absolute atomic E-state index is 0.244. The topological polar surface area (TPSA) is 81.9 Å². The lowest BCUT2D eigenvalue weighted by atomic mass is 9.94. The zero-order chi connectivity index (χ0) is 14.6. The summed E-state index contributed by atoms with van der Waals surface area (Å²) in [5, 5.41) is 0. The molecule has 0 aromatic rings. The maximum absolute atomic E-state index is 11.9. The predicted octanol–water partition coefficient (Wildman–Crippen LogP) is 1.48. The van der Waals surface area contributed by atoms with Crippen molar-refractivity contribution < 1.29 is 19.1 Å². The quantitative estimate of drug-likeness (QED) is 0.770. The van der Waals surface area contributed by atoms with Crippen LogP contribution < -0.4 is 5.73 Å². The Kier molecular flexibility index (Phi) is 5.17. The molecule has 0 bridgehead atoms. The molecule has 0 aromatic carbocycles. The Labute approximate surface area is 114 Å². The van der Waals surface area contributed by atoms with Crippen molar-refractivity contribution in [2.24, 2.45) is 11.7 Å². The van der Waals surface area contributed by atoms with Gasteiger partial charge in [0.2, 0.25) is 0 Å². The van der Waals surface area contributed by atoms with E-state index in [2.05, 4.69) is 0 Å². The number of carbonyl (C=O) groups is 2. The van der Waals surface area contributed by atoms with Crippen molar-refractivity contribution in [3.8, 4) is 0 Å². The fourth-order valence-electron chi connectivity index (χ4n) is 2.03. The number of nitrogens with two attached hydrogens (primary N) is 1. The lowest BCUT2D eigenvalue weighted by molar-refractivity contribution is -0.162. The highest BCUT2D eigenvalue weighted by Gasteiger charge is 2.35. The zero-order valence-corrected chi connectivity index (χ0v) is 12.1. The largest absolute Gasteiger partial charge is 0.460 e. The summed E-state index contributed by atoms with van der Waals surface area (Å²) in [5.41, 5.74) is 5.42. The standard InChI is InChI=1S/C13H24N2O4/c1-5-18-12(17)15-7-6-9(8-10(15)14)11(16)19-13(2,3)4/h9-10H,5-8,14H2,1-4H3. The molecule has 0 saturated carbocycles. The number of amides is 1. The van der Waals surface area contributed by atoms with Crippen molar-refractivity contribution in [1.82, 2.24) is 4.90 Å². The molecule has 1 saturated heterocycles. The number of ether oxygens (including phenoxy) is 2. The number of hydrogen-bond acceptors (Lipinski definition) is 5. The molecule has 0 radical (unpaired) electrons. The molecule has 0 spiro atoms. The van der Waals surface area contributed by atoms with Crippen LogP contribution in [-0.4, -0.2) is 41.9 Å². The third-order valence-electron chi connectivity index (χ3n) is 2.89. The van der Waals surface area contributed by atoms with Crippen LogP contribution in [0.15, 0.2) is 0 Å². The molecule has 1 aliphatic heterocycles. The van der Waals surface area contributed by atoms with Gasteiger partial charge in [-0.3, -0.25) is 9.69 Å². The monoisotopic (exact) mass is 272 g/mol. The molecule has 6 heteroatoms. The van der Waals surface area contributed by atoms with E-state index >= 15 is 0 Å². The summed E-state index contributed by atoms with van der Waals surface area (Å²) in [6.45, 7) is 7.98. The highest BCUT2D eigenvalue weighted by molar-refractivity contribution is 5.74. The molecule has 1 fully saturated rings. The normalized spacial score (nSPS) is 23.9. The molecule has 1 aliphatic rings. The van der Waals surface area contributed by atoms with Crippen molar-refractivity contribution in [2.75, 3.05) is 13.2 Å². The minimum Gasteiger partial charge on any atom is -0.460 e. The van der Waals surface area contributed by atoms with E-state index in [0.717, 1.165) is 0 Å². The second-order valence-corrected chi connectivity index (χ2v) is 5.71. The summed E-state index contributed by atoms with van der Waals surface area (Å²) in [7, 11) is 0. The number of esters is 1. The van der Waals surface area contributed by atoms with E-state index in [1.54, 1.807) is 6.92 Å². The van der Waals surface area contributed by atoms with Crippen LogP contribution in [0.25, 0.3) is 0 Å². The molecule has 2 N–H and O–H groups in total. The van der Waals surface area contributed by atoms with Gasteiger partial charge in [0.05, 0.1) is 18.7 Å². The molecule has 19 heavy (non-hydrogen) atoms. The third-order valence-corrected chi connectivity index (χ3v) is 2.89. The molecule has 2 unspecified atom stereocenters. The predicted molar refractivity (Wildman–Crippen MR) is 70.3 cm³/mol. The Morgan fingerprint density at radius 2 is 2.00 bits per heavy atom. The Morgan fingerprint density at radius 3 is 2.47 bits per heavy atom. The molecular weight excluding hydrogens is 248 g/mol. The van der Waals surface area contributed by atoms with E-state index in [9.17, 15) is 9.59 Å². The van der Waals surface area contributed by atoms with Gasteiger partial charge in [-0.25, -0.2) is 4.79 Å². The second kappa shape index (κ2) is 6.23. The van der Waals surface area contributed by atoms with Crippen LogP contribution in [0.4, 0.5) is 4.79 Å². The Balaban J connectivity index is 2.54. The van der Waals surface area contributed by atoms with Gasteiger partial charge in [0.25, 0.3) is 0 Å². The van der Waals surface area contributed by atoms with Crippen molar-refractivity contribution in [2.45, 2.75) is 52.3 Å². The average molecular weight is 272 g/mol. The SMILES string of the molecule is CCOC(=O)N1CCC(C(=O)OC(C)(C)C)CC1N. The third kappa shape index (κ3) is 4.70. The van der Waals surface area contributed by atoms with Crippen LogP contribution in [0.5, 0.6) is 0 Å². The van der Waals surface area contributed by atoms with Gasteiger partial charge in [-0.2, -0.15) is 0 Å². The van der Waals surface area contributed by atoms with Gasteiger partial charge in [0, 0.05) is 6.54 Å².